The quantitative estimate of drug-likeness (QED) is 0.770. The van der Waals surface area contributed by atoms with Crippen LogP contribution >= 0.6 is 0 Å². The highest BCUT2D eigenvalue weighted by Gasteiger charge is 2.23. The number of halogens is 1. The Morgan fingerprint density at radius 1 is 1.50 bits per heavy atom. The van der Waals surface area contributed by atoms with Crippen LogP contribution in [-0.2, 0) is 16.6 Å². The minimum atomic E-state index is -4.01. The molecule has 6 nitrogen and oxygen atoms in total. The number of rotatable bonds is 5. The average Bonchev–Trinajstić information content (AvgIpc) is 2.91. The zero-order valence-electron chi connectivity index (χ0n) is 10.7. The van der Waals surface area contributed by atoms with Crippen molar-refractivity contribution in [1.29, 1.82) is 0 Å². The Morgan fingerprint density at radius 2 is 2.25 bits per heavy atom. The first-order chi connectivity index (χ1) is 9.44. The maximum Gasteiger partial charge on any atom is 0.244 e. The molecule has 0 aliphatic heterocycles. The molecule has 1 heterocycles. The summed E-state index contributed by atoms with van der Waals surface area (Å²) < 4.78 is 40.3. The van der Waals surface area contributed by atoms with Gasteiger partial charge in [-0.2, -0.15) is 0 Å². The van der Waals surface area contributed by atoms with Gasteiger partial charge >= 0.3 is 0 Å². The summed E-state index contributed by atoms with van der Waals surface area (Å²) in [6, 6.07) is 2.85. The Hall–Kier alpha value is -1.77. The summed E-state index contributed by atoms with van der Waals surface area (Å²) in [5, 5.41) is 8.88. The van der Waals surface area contributed by atoms with E-state index in [1.165, 1.54) is 12.3 Å². The molecule has 2 aromatic rings. The van der Waals surface area contributed by atoms with E-state index in [0.29, 0.717) is 11.4 Å². The fourth-order valence-corrected chi connectivity index (χ4v) is 2.99. The number of sulfonamides is 1. The summed E-state index contributed by atoms with van der Waals surface area (Å²) in [6.45, 7) is 1.24. The Balaban J connectivity index is 2.27. The standard InChI is InChI=1S/C12H14FN3O3S/c1-8(12-14-4-5-15-12)16-20(18,19)11-3-2-9(7-17)6-10(11)13/h2-6,8,16-17H,7H2,1H3,(H,14,15). The summed E-state index contributed by atoms with van der Waals surface area (Å²) in [4.78, 5) is 6.25. The van der Waals surface area contributed by atoms with E-state index in [0.717, 1.165) is 12.1 Å². The minimum absolute atomic E-state index is 0.306. The summed E-state index contributed by atoms with van der Waals surface area (Å²) in [7, 11) is -4.01. The Bertz CT molecular complexity index is 686. The number of nitrogens with one attached hydrogen (secondary N) is 2. The van der Waals surface area contributed by atoms with Crippen molar-refractivity contribution in [2.24, 2.45) is 0 Å². The molecule has 1 unspecified atom stereocenters. The highest BCUT2D eigenvalue weighted by Crippen LogP contribution is 2.18. The van der Waals surface area contributed by atoms with Crippen LogP contribution in [0, 0.1) is 5.82 Å². The van der Waals surface area contributed by atoms with Crippen LogP contribution in [0.3, 0.4) is 0 Å². The number of aromatic nitrogens is 2. The molecular formula is C12H14FN3O3S. The van der Waals surface area contributed by atoms with Crippen molar-refractivity contribution >= 4 is 10.0 Å². The third-order valence-electron chi connectivity index (χ3n) is 2.73. The fraction of sp³-hybridized carbons (Fsp3) is 0.250. The van der Waals surface area contributed by atoms with Crippen molar-refractivity contribution in [3.63, 3.8) is 0 Å². The van der Waals surface area contributed by atoms with Crippen LogP contribution in [0.4, 0.5) is 4.39 Å². The van der Waals surface area contributed by atoms with Gasteiger partial charge in [-0.3, -0.25) is 0 Å². The predicted molar refractivity (Wildman–Crippen MR) is 69.6 cm³/mol. The second kappa shape index (κ2) is 5.70. The number of hydrogen-bond acceptors (Lipinski definition) is 4. The highest BCUT2D eigenvalue weighted by atomic mass is 32.2. The van der Waals surface area contributed by atoms with E-state index >= 15 is 0 Å². The molecule has 1 aromatic carbocycles. The molecule has 20 heavy (non-hydrogen) atoms. The first kappa shape index (κ1) is 14.6. The molecule has 3 N–H and O–H groups in total. The third kappa shape index (κ3) is 3.03. The zero-order valence-corrected chi connectivity index (χ0v) is 11.5. The molecule has 0 aliphatic rings. The SMILES string of the molecule is CC(NS(=O)(=O)c1ccc(CO)cc1F)c1ncc[nH]1. The lowest BCUT2D eigenvalue weighted by Gasteiger charge is -2.13. The molecule has 0 aliphatic carbocycles. The lowest BCUT2D eigenvalue weighted by atomic mass is 10.2. The number of H-pyrrole nitrogens is 1. The molecule has 2 rings (SSSR count). The molecule has 108 valence electrons. The number of aliphatic hydroxyl groups is 1. The Morgan fingerprint density at radius 3 is 2.80 bits per heavy atom. The minimum Gasteiger partial charge on any atom is -0.392 e. The van der Waals surface area contributed by atoms with E-state index in [2.05, 4.69) is 14.7 Å². The Labute approximate surface area is 115 Å². The van der Waals surface area contributed by atoms with Gasteiger partial charge in [-0.25, -0.2) is 22.5 Å². The molecular weight excluding hydrogens is 285 g/mol. The smallest absolute Gasteiger partial charge is 0.244 e. The van der Waals surface area contributed by atoms with Gasteiger partial charge in [0.05, 0.1) is 12.6 Å². The highest BCUT2D eigenvalue weighted by molar-refractivity contribution is 7.89. The monoisotopic (exact) mass is 299 g/mol. The first-order valence-electron chi connectivity index (χ1n) is 5.85. The number of benzene rings is 1. The molecule has 8 heteroatoms. The van der Waals surface area contributed by atoms with Crippen LogP contribution in [0.15, 0.2) is 35.5 Å². The second-order valence-corrected chi connectivity index (χ2v) is 5.92. The normalized spacial score (nSPS) is 13.3. The van der Waals surface area contributed by atoms with Gasteiger partial charge in [0.2, 0.25) is 10.0 Å². The van der Waals surface area contributed by atoms with E-state index in [1.807, 2.05) is 0 Å². The number of hydrogen-bond donors (Lipinski definition) is 3. The average molecular weight is 299 g/mol. The number of imidazole rings is 1. The van der Waals surface area contributed by atoms with E-state index < -0.39 is 26.8 Å². The first-order valence-corrected chi connectivity index (χ1v) is 7.33. The molecule has 1 aromatic heterocycles. The van der Waals surface area contributed by atoms with E-state index in [4.69, 9.17) is 5.11 Å². The van der Waals surface area contributed by atoms with Crippen LogP contribution in [-0.4, -0.2) is 23.5 Å². The van der Waals surface area contributed by atoms with Gasteiger partial charge in [0.1, 0.15) is 16.5 Å². The molecule has 0 radical (unpaired) electrons. The topological polar surface area (TPSA) is 95.1 Å². The van der Waals surface area contributed by atoms with Gasteiger partial charge in [-0.05, 0) is 24.6 Å². The largest absolute Gasteiger partial charge is 0.392 e. The maximum atomic E-state index is 13.8. The number of aromatic amines is 1. The summed E-state index contributed by atoms with van der Waals surface area (Å²) in [6.07, 6.45) is 3.06. The van der Waals surface area contributed by atoms with Crippen molar-refractivity contribution in [2.75, 3.05) is 0 Å². The molecule has 0 amide bonds. The van der Waals surface area contributed by atoms with Crippen molar-refractivity contribution in [3.8, 4) is 0 Å². The van der Waals surface area contributed by atoms with Crippen molar-refractivity contribution in [1.82, 2.24) is 14.7 Å². The molecule has 0 saturated heterocycles. The van der Waals surface area contributed by atoms with Gasteiger partial charge in [-0.15, -0.1) is 0 Å². The van der Waals surface area contributed by atoms with Gasteiger partial charge < -0.3 is 10.1 Å². The third-order valence-corrected chi connectivity index (χ3v) is 4.30. The lowest BCUT2D eigenvalue weighted by molar-refractivity contribution is 0.281. The molecule has 0 spiro atoms. The predicted octanol–water partition coefficient (Wildman–Crippen LogP) is 1.08. The van der Waals surface area contributed by atoms with E-state index in [9.17, 15) is 12.8 Å². The zero-order chi connectivity index (χ0) is 14.8. The van der Waals surface area contributed by atoms with E-state index in [1.54, 1.807) is 13.1 Å². The fourth-order valence-electron chi connectivity index (χ4n) is 1.73. The van der Waals surface area contributed by atoms with Crippen LogP contribution in [0.5, 0.6) is 0 Å². The summed E-state index contributed by atoms with van der Waals surface area (Å²) in [5.41, 5.74) is 0.306. The molecule has 1 atom stereocenters. The van der Waals surface area contributed by atoms with Crippen LogP contribution in [0.25, 0.3) is 0 Å². The van der Waals surface area contributed by atoms with Gasteiger partial charge in [0.25, 0.3) is 0 Å². The van der Waals surface area contributed by atoms with Gasteiger partial charge in [0.15, 0.2) is 0 Å². The summed E-state index contributed by atoms with van der Waals surface area (Å²) >= 11 is 0. The van der Waals surface area contributed by atoms with E-state index in [-0.39, 0.29) is 6.61 Å². The number of aliphatic hydroxyl groups excluding tert-OH is 1. The van der Waals surface area contributed by atoms with Gasteiger partial charge in [0, 0.05) is 12.4 Å². The molecule has 0 bridgehead atoms. The van der Waals surface area contributed by atoms with Crippen molar-refractivity contribution < 1.29 is 17.9 Å². The Kier molecular flexibility index (Phi) is 4.17. The van der Waals surface area contributed by atoms with Crippen LogP contribution < -0.4 is 4.72 Å². The van der Waals surface area contributed by atoms with Crippen molar-refractivity contribution in [3.05, 3.63) is 47.8 Å². The molecule has 0 saturated carbocycles. The molecule has 0 fully saturated rings. The van der Waals surface area contributed by atoms with Crippen molar-refractivity contribution in [2.45, 2.75) is 24.5 Å². The second-order valence-electron chi connectivity index (χ2n) is 4.24. The van der Waals surface area contributed by atoms with Crippen LogP contribution in [0.1, 0.15) is 24.4 Å². The summed E-state index contributed by atoms with van der Waals surface area (Å²) in [5.74, 6) is -0.475. The van der Waals surface area contributed by atoms with Gasteiger partial charge in [-0.1, -0.05) is 6.07 Å². The number of nitrogens with zero attached hydrogens (tertiary/aromatic N) is 1. The lowest BCUT2D eigenvalue weighted by Crippen LogP contribution is -2.28. The van der Waals surface area contributed by atoms with Crippen LogP contribution in [0.2, 0.25) is 0 Å². The maximum absolute atomic E-state index is 13.8.